The van der Waals surface area contributed by atoms with Gasteiger partial charge in [0, 0.05) is 39.2 Å². The number of hydrogen-bond donors (Lipinski definition) is 1. The Balaban J connectivity index is 1.63. The van der Waals surface area contributed by atoms with Crippen molar-refractivity contribution in [3.8, 4) is 0 Å². The average molecular weight is 697 g/mol. The van der Waals surface area contributed by atoms with Crippen LogP contribution in [0, 0.1) is 0 Å². The number of carbonyl (C=O) groups excluding carboxylic acids is 2. The van der Waals surface area contributed by atoms with Gasteiger partial charge in [0.2, 0.25) is 11.8 Å². The molecule has 0 unspecified atom stereocenters. The lowest BCUT2D eigenvalue weighted by atomic mass is 10.3. The molecule has 1 N–H and O–H groups in total. The first kappa shape index (κ1) is 44.2. The Morgan fingerprint density at radius 1 is 0.542 bits per heavy atom. The summed E-state index contributed by atoms with van der Waals surface area (Å²) >= 11 is 0. The lowest BCUT2D eigenvalue weighted by molar-refractivity contribution is -0.126. The van der Waals surface area contributed by atoms with Gasteiger partial charge < -0.3 is 67.1 Å². The number of hydrogen-bond acceptors (Lipinski definition) is 14. The number of amides is 2. The number of nitrogens with one attached hydrogen (secondary N) is 1. The van der Waals surface area contributed by atoms with Crippen LogP contribution in [-0.2, 0) is 66.4 Å². The topological polar surface area (TPSA) is 160 Å². The van der Waals surface area contributed by atoms with Crippen molar-refractivity contribution >= 4 is 11.8 Å². The van der Waals surface area contributed by atoms with E-state index in [1.807, 2.05) is 0 Å². The predicted molar refractivity (Wildman–Crippen MR) is 174 cm³/mol. The van der Waals surface area contributed by atoms with Gasteiger partial charge in [-0.3, -0.25) is 9.59 Å². The Morgan fingerprint density at radius 3 is 1.15 bits per heavy atom. The summed E-state index contributed by atoms with van der Waals surface area (Å²) in [6, 6.07) is 0. The molecule has 0 saturated heterocycles. The number of nitrogens with zero attached hydrogens (tertiary/aromatic N) is 1. The van der Waals surface area contributed by atoms with E-state index in [9.17, 15) is 9.59 Å². The maximum atomic E-state index is 11.8. The summed E-state index contributed by atoms with van der Waals surface area (Å²) in [7, 11) is 1.64. The molecule has 1 rings (SSSR count). The Hall–Kier alpha value is -1.80. The highest BCUT2D eigenvalue weighted by molar-refractivity contribution is 5.90. The van der Waals surface area contributed by atoms with E-state index < -0.39 is 0 Å². The van der Waals surface area contributed by atoms with Gasteiger partial charge in [-0.15, -0.1) is 0 Å². The zero-order valence-electron chi connectivity index (χ0n) is 28.9. The van der Waals surface area contributed by atoms with Crippen molar-refractivity contribution in [2.24, 2.45) is 0 Å². The molecule has 16 heteroatoms. The minimum Gasteiger partial charge on any atom is -0.382 e. The van der Waals surface area contributed by atoms with E-state index in [1.54, 1.807) is 18.1 Å². The summed E-state index contributed by atoms with van der Waals surface area (Å²) in [4.78, 5) is 24.9. The molecule has 1 aliphatic rings. The highest BCUT2D eigenvalue weighted by Gasteiger charge is 2.15. The second-order valence-corrected chi connectivity index (χ2v) is 10.0. The van der Waals surface area contributed by atoms with Crippen molar-refractivity contribution in [2.75, 3.05) is 179 Å². The summed E-state index contributed by atoms with van der Waals surface area (Å²) in [5, 5.41) is 2.77. The molecule has 0 bridgehead atoms. The summed E-state index contributed by atoms with van der Waals surface area (Å²) in [6.45, 7) is 12.9. The van der Waals surface area contributed by atoms with E-state index in [0.717, 1.165) is 0 Å². The molecule has 16 nitrogen and oxygen atoms in total. The highest BCUT2D eigenvalue weighted by Crippen LogP contribution is 2.01. The number of ether oxygens (including phenoxy) is 12. The van der Waals surface area contributed by atoms with Crippen molar-refractivity contribution in [3.63, 3.8) is 0 Å². The fourth-order valence-corrected chi connectivity index (χ4v) is 3.71. The van der Waals surface area contributed by atoms with Crippen LogP contribution in [0.15, 0.2) is 12.2 Å². The number of rotatable bonds is 39. The van der Waals surface area contributed by atoms with Crippen LogP contribution in [0.2, 0.25) is 0 Å². The average Bonchev–Trinajstić information content (AvgIpc) is 3.51. The first-order chi connectivity index (χ1) is 23.7. The van der Waals surface area contributed by atoms with Crippen LogP contribution in [0.4, 0.5) is 0 Å². The quantitative estimate of drug-likeness (QED) is 0.0836. The van der Waals surface area contributed by atoms with E-state index in [0.29, 0.717) is 172 Å². The summed E-state index contributed by atoms with van der Waals surface area (Å²) < 4.78 is 64.7. The SMILES string of the molecule is COCCOCCOCCOCCOCCOCCOCCOCCOCCOCCOCCOCCNC(=O)CCN1CC=CC1=O. The molecule has 0 fully saturated rings. The summed E-state index contributed by atoms with van der Waals surface area (Å²) in [6.07, 6.45) is 3.60. The van der Waals surface area contributed by atoms with Gasteiger partial charge in [0.1, 0.15) is 0 Å². The molecule has 282 valence electrons. The third-order valence-electron chi connectivity index (χ3n) is 6.23. The fourth-order valence-electron chi connectivity index (χ4n) is 3.71. The second-order valence-electron chi connectivity index (χ2n) is 10.0. The molecule has 0 aromatic heterocycles. The smallest absolute Gasteiger partial charge is 0.246 e. The molecule has 0 radical (unpaired) electrons. The molecule has 0 spiro atoms. The third kappa shape index (κ3) is 31.5. The van der Waals surface area contributed by atoms with Crippen LogP contribution in [0.3, 0.4) is 0 Å². The highest BCUT2D eigenvalue weighted by atomic mass is 16.6. The lowest BCUT2D eigenvalue weighted by Gasteiger charge is -2.14. The zero-order valence-corrected chi connectivity index (χ0v) is 28.9. The van der Waals surface area contributed by atoms with E-state index in [1.165, 1.54) is 6.08 Å². The van der Waals surface area contributed by atoms with Crippen molar-refractivity contribution in [1.82, 2.24) is 10.2 Å². The maximum Gasteiger partial charge on any atom is 0.246 e. The van der Waals surface area contributed by atoms with Crippen molar-refractivity contribution in [2.45, 2.75) is 6.42 Å². The van der Waals surface area contributed by atoms with Crippen LogP contribution in [0.5, 0.6) is 0 Å². The fraction of sp³-hybridized carbons (Fsp3) is 0.875. The molecule has 48 heavy (non-hydrogen) atoms. The molecule has 2 amide bonds. The van der Waals surface area contributed by atoms with Crippen molar-refractivity contribution in [3.05, 3.63) is 12.2 Å². The van der Waals surface area contributed by atoms with Gasteiger partial charge in [-0.2, -0.15) is 0 Å². The maximum absolute atomic E-state index is 11.8. The number of methoxy groups -OCH3 is 1. The summed E-state index contributed by atoms with van der Waals surface area (Å²) in [5.74, 6) is -0.144. The van der Waals surface area contributed by atoms with Crippen LogP contribution >= 0.6 is 0 Å². The van der Waals surface area contributed by atoms with Crippen LogP contribution < -0.4 is 5.32 Å². The van der Waals surface area contributed by atoms with Crippen LogP contribution in [-0.4, -0.2) is 195 Å². The van der Waals surface area contributed by atoms with Gasteiger partial charge in [0.25, 0.3) is 0 Å². The minimum atomic E-state index is -0.0984. The van der Waals surface area contributed by atoms with Crippen molar-refractivity contribution < 1.29 is 66.4 Å². The minimum absolute atomic E-state index is 0.0452. The molecular formula is C32H60N2O14. The van der Waals surface area contributed by atoms with Gasteiger partial charge in [0.15, 0.2) is 0 Å². The van der Waals surface area contributed by atoms with Gasteiger partial charge >= 0.3 is 0 Å². The molecule has 0 aromatic rings. The van der Waals surface area contributed by atoms with E-state index in [2.05, 4.69) is 5.32 Å². The molecule has 1 heterocycles. The third-order valence-corrected chi connectivity index (χ3v) is 6.23. The molecule has 0 saturated carbocycles. The Kier molecular flexibility index (Phi) is 33.6. The Morgan fingerprint density at radius 2 is 0.854 bits per heavy atom. The molecule has 0 aliphatic carbocycles. The molecular weight excluding hydrogens is 636 g/mol. The van der Waals surface area contributed by atoms with E-state index in [-0.39, 0.29) is 18.2 Å². The van der Waals surface area contributed by atoms with Gasteiger partial charge in [-0.1, -0.05) is 6.08 Å². The summed E-state index contributed by atoms with van der Waals surface area (Å²) in [5.41, 5.74) is 0. The van der Waals surface area contributed by atoms with E-state index in [4.69, 9.17) is 56.8 Å². The van der Waals surface area contributed by atoms with Crippen LogP contribution in [0.25, 0.3) is 0 Å². The molecule has 1 aliphatic heterocycles. The predicted octanol–water partition coefficient (Wildman–Crippen LogP) is -0.280. The first-order valence-corrected chi connectivity index (χ1v) is 16.8. The Labute approximate surface area is 285 Å². The molecule has 0 aromatic carbocycles. The monoisotopic (exact) mass is 696 g/mol. The van der Waals surface area contributed by atoms with Gasteiger partial charge in [0.05, 0.1) is 152 Å². The largest absolute Gasteiger partial charge is 0.382 e. The van der Waals surface area contributed by atoms with Gasteiger partial charge in [-0.05, 0) is 0 Å². The molecule has 0 atom stereocenters. The van der Waals surface area contributed by atoms with Gasteiger partial charge in [-0.25, -0.2) is 0 Å². The van der Waals surface area contributed by atoms with E-state index >= 15 is 0 Å². The standard InChI is InChI=1S/C32H60N2O14/c1-37-9-10-39-13-14-41-17-18-43-21-22-45-25-26-47-29-30-48-28-27-46-24-23-44-20-19-42-16-15-40-12-11-38-8-5-33-31(35)4-7-34-6-2-3-32(34)36/h2-3H,4-30H2,1H3,(H,33,35). The lowest BCUT2D eigenvalue weighted by Crippen LogP contribution is -2.33. The Bertz CT molecular complexity index is 750. The second kappa shape index (κ2) is 36.5. The van der Waals surface area contributed by atoms with Crippen molar-refractivity contribution in [1.29, 1.82) is 0 Å². The van der Waals surface area contributed by atoms with Crippen LogP contribution in [0.1, 0.15) is 6.42 Å². The normalized spacial score (nSPS) is 12.9. The number of carbonyl (C=O) groups is 2. The zero-order chi connectivity index (χ0) is 34.4. The first-order valence-electron chi connectivity index (χ1n) is 16.8.